The number of rotatable bonds is 7. The fourth-order valence-electron chi connectivity index (χ4n) is 3.23. The largest absolute Gasteiger partial charge is 0.464 e. The quantitative estimate of drug-likeness (QED) is 0.188. The SMILES string of the molecule is COC(=O)C(=Cc1ccc(Cl)c(Cl)c1)NC(=O)c1cc(Cl)c(Cl)cc1NS(=O)(=O)c1cccc2nsnc12. The molecule has 196 valence electrons. The van der Waals surface area contributed by atoms with E-state index < -0.39 is 21.9 Å². The molecule has 0 bridgehead atoms. The third-order valence-electron chi connectivity index (χ3n) is 5.00. The van der Waals surface area contributed by atoms with Crippen molar-refractivity contribution in [3.63, 3.8) is 0 Å². The zero-order valence-electron chi connectivity index (χ0n) is 19.0. The maximum atomic E-state index is 13.3. The van der Waals surface area contributed by atoms with E-state index in [9.17, 15) is 18.0 Å². The second-order valence-electron chi connectivity index (χ2n) is 7.48. The molecule has 0 unspecified atom stereocenters. The Labute approximate surface area is 240 Å². The standard InChI is InChI=1S/C23H14Cl4N4O5S2/c1-36-23(33)19(8-11-5-6-13(24)14(25)7-11)28-22(32)12-9-15(26)16(27)10-18(12)31-38(34,35)20-4-2-3-17-21(20)30-37-29-17/h2-10,31H,1H3,(H,28,32). The summed E-state index contributed by atoms with van der Waals surface area (Å²) >= 11 is 25.1. The van der Waals surface area contributed by atoms with Crippen molar-refractivity contribution in [1.29, 1.82) is 0 Å². The van der Waals surface area contributed by atoms with E-state index in [0.717, 1.165) is 24.9 Å². The molecule has 0 fully saturated rings. The Morgan fingerprint density at radius 2 is 1.66 bits per heavy atom. The summed E-state index contributed by atoms with van der Waals surface area (Å²) in [6.45, 7) is 0. The van der Waals surface area contributed by atoms with Gasteiger partial charge in [-0.2, -0.15) is 8.75 Å². The van der Waals surface area contributed by atoms with Gasteiger partial charge < -0.3 is 10.1 Å². The Bertz CT molecular complexity index is 1720. The number of hydrogen-bond donors (Lipinski definition) is 2. The molecule has 4 rings (SSSR count). The van der Waals surface area contributed by atoms with E-state index in [0.29, 0.717) is 16.1 Å². The zero-order valence-corrected chi connectivity index (χ0v) is 23.6. The maximum Gasteiger partial charge on any atom is 0.354 e. The number of anilines is 1. The van der Waals surface area contributed by atoms with Gasteiger partial charge in [-0.15, -0.1) is 0 Å². The minimum atomic E-state index is -4.26. The molecule has 3 aromatic carbocycles. The van der Waals surface area contributed by atoms with E-state index >= 15 is 0 Å². The molecule has 1 amide bonds. The lowest BCUT2D eigenvalue weighted by Gasteiger charge is -2.15. The molecule has 15 heteroatoms. The van der Waals surface area contributed by atoms with Crippen molar-refractivity contribution in [3.8, 4) is 0 Å². The average Bonchev–Trinajstić information content (AvgIpc) is 3.36. The van der Waals surface area contributed by atoms with Gasteiger partial charge in [-0.3, -0.25) is 9.52 Å². The number of hydrogen-bond acceptors (Lipinski definition) is 8. The molecular weight excluding hydrogens is 618 g/mol. The topological polar surface area (TPSA) is 127 Å². The van der Waals surface area contributed by atoms with Crippen LogP contribution in [0.5, 0.6) is 0 Å². The minimum Gasteiger partial charge on any atom is -0.464 e. The number of ether oxygens (including phenoxy) is 1. The first-order chi connectivity index (χ1) is 18.0. The normalized spacial score (nSPS) is 11.9. The summed E-state index contributed by atoms with van der Waals surface area (Å²) in [6.07, 6.45) is 1.31. The molecule has 4 aromatic rings. The van der Waals surface area contributed by atoms with Crippen molar-refractivity contribution < 1.29 is 22.7 Å². The summed E-state index contributed by atoms with van der Waals surface area (Å²) in [5.41, 5.74) is 0.286. The number of carbonyl (C=O) groups is 2. The Hall–Kier alpha value is -2.93. The Kier molecular flexibility index (Phi) is 8.46. The molecule has 0 spiro atoms. The van der Waals surface area contributed by atoms with Gasteiger partial charge in [0.15, 0.2) is 0 Å². The number of benzene rings is 3. The molecule has 38 heavy (non-hydrogen) atoms. The predicted molar refractivity (Wildman–Crippen MR) is 149 cm³/mol. The summed E-state index contributed by atoms with van der Waals surface area (Å²) in [6, 6.07) is 11.4. The summed E-state index contributed by atoms with van der Waals surface area (Å²) < 4.78 is 41.7. The van der Waals surface area contributed by atoms with Gasteiger partial charge >= 0.3 is 5.97 Å². The molecule has 0 aliphatic carbocycles. The summed E-state index contributed by atoms with van der Waals surface area (Å²) in [5, 5.41) is 2.89. The number of sulfonamides is 1. The molecular formula is C23H14Cl4N4O5S2. The molecule has 0 atom stereocenters. The van der Waals surface area contributed by atoms with Gasteiger partial charge in [-0.25, -0.2) is 13.2 Å². The lowest BCUT2D eigenvalue weighted by atomic mass is 10.1. The molecule has 2 N–H and O–H groups in total. The number of amides is 1. The van der Waals surface area contributed by atoms with E-state index in [4.69, 9.17) is 51.1 Å². The van der Waals surface area contributed by atoms with Crippen molar-refractivity contribution in [2.45, 2.75) is 4.90 Å². The first-order valence-corrected chi connectivity index (χ1v) is 14.0. The van der Waals surface area contributed by atoms with Crippen LogP contribution < -0.4 is 10.0 Å². The van der Waals surface area contributed by atoms with Crippen LogP contribution in [0.4, 0.5) is 5.69 Å². The van der Waals surface area contributed by atoms with Gasteiger partial charge in [0.2, 0.25) is 0 Å². The molecule has 0 saturated carbocycles. The van der Waals surface area contributed by atoms with E-state index in [2.05, 4.69) is 18.8 Å². The van der Waals surface area contributed by atoms with Crippen LogP contribution in [0.15, 0.2) is 59.1 Å². The number of nitrogens with one attached hydrogen (secondary N) is 2. The lowest BCUT2D eigenvalue weighted by molar-refractivity contribution is -0.136. The molecule has 0 saturated heterocycles. The van der Waals surface area contributed by atoms with Crippen LogP contribution >= 0.6 is 58.1 Å². The van der Waals surface area contributed by atoms with Crippen molar-refractivity contribution >= 4 is 103 Å². The second-order valence-corrected chi connectivity index (χ2v) is 11.3. The summed E-state index contributed by atoms with van der Waals surface area (Å²) in [7, 11) is -3.13. The molecule has 9 nitrogen and oxygen atoms in total. The van der Waals surface area contributed by atoms with Crippen molar-refractivity contribution in [1.82, 2.24) is 14.1 Å². The van der Waals surface area contributed by atoms with E-state index in [1.165, 1.54) is 36.4 Å². The molecule has 1 aromatic heterocycles. The Morgan fingerprint density at radius 3 is 2.37 bits per heavy atom. The van der Waals surface area contributed by atoms with Crippen LogP contribution in [-0.4, -0.2) is 36.2 Å². The highest BCUT2D eigenvalue weighted by Gasteiger charge is 2.25. The first kappa shape index (κ1) is 28.1. The summed E-state index contributed by atoms with van der Waals surface area (Å²) in [5.74, 6) is -1.76. The van der Waals surface area contributed by atoms with Crippen LogP contribution in [-0.2, 0) is 19.6 Å². The highest BCUT2D eigenvalue weighted by molar-refractivity contribution is 7.93. The highest BCUT2D eigenvalue weighted by Crippen LogP contribution is 2.32. The highest BCUT2D eigenvalue weighted by atomic mass is 35.5. The fraction of sp³-hybridized carbons (Fsp3) is 0.0435. The lowest BCUT2D eigenvalue weighted by Crippen LogP contribution is -2.29. The van der Waals surface area contributed by atoms with Crippen LogP contribution in [0.1, 0.15) is 15.9 Å². The number of aromatic nitrogens is 2. The van der Waals surface area contributed by atoms with Gasteiger partial charge in [0.1, 0.15) is 21.6 Å². The smallest absolute Gasteiger partial charge is 0.354 e. The van der Waals surface area contributed by atoms with Crippen molar-refractivity contribution in [2.24, 2.45) is 0 Å². The number of fused-ring (bicyclic) bond motifs is 1. The van der Waals surface area contributed by atoms with E-state index in [1.54, 1.807) is 12.1 Å². The third-order valence-corrected chi connectivity index (χ3v) is 8.40. The Balaban J connectivity index is 1.73. The summed E-state index contributed by atoms with van der Waals surface area (Å²) in [4.78, 5) is 25.6. The number of nitrogens with zero attached hydrogens (tertiary/aromatic N) is 2. The minimum absolute atomic E-state index is 0.0195. The van der Waals surface area contributed by atoms with Gasteiger partial charge in [0.05, 0.1) is 50.2 Å². The van der Waals surface area contributed by atoms with Crippen molar-refractivity contribution in [2.75, 3.05) is 11.8 Å². The number of halogens is 4. The average molecular weight is 632 g/mol. The van der Waals surface area contributed by atoms with Gasteiger partial charge in [0, 0.05) is 0 Å². The maximum absolute atomic E-state index is 13.3. The monoisotopic (exact) mass is 630 g/mol. The third kappa shape index (κ3) is 6.04. The predicted octanol–water partition coefficient (Wildman–Crippen LogP) is 6.05. The Morgan fingerprint density at radius 1 is 0.947 bits per heavy atom. The van der Waals surface area contributed by atoms with Gasteiger partial charge in [0.25, 0.3) is 15.9 Å². The van der Waals surface area contributed by atoms with Crippen LogP contribution in [0.2, 0.25) is 20.1 Å². The molecule has 0 aliphatic heterocycles. The number of carbonyl (C=O) groups excluding carboxylic acids is 2. The van der Waals surface area contributed by atoms with Crippen molar-refractivity contribution in [3.05, 3.63) is 85.4 Å². The zero-order chi connectivity index (χ0) is 27.6. The number of methoxy groups -OCH3 is 1. The van der Waals surface area contributed by atoms with Crippen LogP contribution in [0.25, 0.3) is 17.1 Å². The van der Waals surface area contributed by atoms with Gasteiger partial charge in [-0.05, 0) is 48.0 Å². The van der Waals surface area contributed by atoms with Gasteiger partial charge in [-0.1, -0.05) is 58.5 Å². The molecule has 0 aliphatic rings. The molecule has 0 radical (unpaired) electrons. The second kappa shape index (κ2) is 11.4. The first-order valence-electron chi connectivity index (χ1n) is 10.3. The van der Waals surface area contributed by atoms with Crippen LogP contribution in [0.3, 0.4) is 0 Å². The fourth-order valence-corrected chi connectivity index (χ4v) is 5.70. The van der Waals surface area contributed by atoms with E-state index in [-0.39, 0.29) is 42.4 Å². The molecule has 1 heterocycles. The number of esters is 1. The van der Waals surface area contributed by atoms with E-state index in [1.807, 2.05) is 0 Å². The van der Waals surface area contributed by atoms with Crippen LogP contribution in [0, 0.1) is 0 Å².